The molecule has 2 rings (SSSR count). The average Bonchev–Trinajstić information content (AvgIpc) is 2.86. The number of esters is 1. The minimum atomic E-state index is -0.721. The van der Waals surface area contributed by atoms with E-state index < -0.39 is 16.8 Å². The molecule has 2 heterocycles. The van der Waals surface area contributed by atoms with Gasteiger partial charge in [0.05, 0.1) is 6.61 Å². The van der Waals surface area contributed by atoms with Crippen LogP contribution < -0.4 is 5.32 Å². The highest BCUT2D eigenvalue weighted by atomic mass is 32.2. The maximum Gasteiger partial charge on any atom is 0.358 e. The third-order valence-electron chi connectivity index (χ3n) is 3.13. The zero-order valence-corrected chi connectivity index (χ0v) is 13.6. The van der Waals surface area contributed by atoms with E-state index in [1.54, 1.807) is 6.92 Å². The Balaban J connectivity index is 2.13. The van der Waals surface area contributed by atoms with Crippen molar-refractivity contribution in [2.24, 2.45) is 0 Å². The van der Waals surface area contributed by atoms with E-state index in [-0.39, 0.29) is 24.1 Å². The molecule has 0 aliphatic carbocycles. The van der Waals surface area contributed by atoms with Crippen LogP contribution in [0.3, 0.4) is 0 Å². The van der Waals surface area contributed by atoms with Crippen LogP contribution in [0.5, 0.6) is 0 Å². The normalized spacial score (nSPS) is 21.8. The molecule has 0 aromatic carbocycles. The summed E-state index contributed by atoms with van der Waals surface area (Å²) < 4.78 is 16.3. The number of hydrogen-bond donors (Lipinski definition) is 1. The number of ether oxygens (including phenoxy) is 1. The Morgan fingerprint density at radius 3 is 2.67 bits per heavy atom. The van der Waals surface area contributed by atoms with Gasteiger partial charge < -0.3 is 10.1 Å². The van der Waals surface area contributed by atoms with Crippen LogP contribution in [0.4, 0.5) is 5.13 Å². The quantitative estimate of drug-likeness (QED) is 0.655. The molecule has 6 nitrogen and oxygen atoms in total. The fraction of sp³-hybridized carbons (Fsp3) is 0.615. The van der Waals surface area contributed by atoms with E-state index in [0.717, 1.165) is 12.8 Å². The maximum atomic E-state index is 11.8. The van der Waals surface area contributed by atoms with Gasteiger partial charge in [0, 0.05) is 35.3 Å². The summed E-state index contributed by atoms with van der Waals surface area (Å²) in [6.07, 6.45) is 1.60. The zero-order valence-electron chi connectivity index (χ0n) is 12.0. The highest BCUT2D eigenvalue weighted by molar-refractivity contribution is 7.85. The number of aromatic nitrogens is 1. The Morgan fingerprint density at radius 2 is 2.10 bits per heavy atom. The van der Waals surface area contributed by atoms with Crippen molar-refractivity contribution in [2.75, 3.05) is 23.4 Å². The summed E-state index contributed by atoms with van der Waals surface area (Å²) in [5, 5.41) is 3.77. The SMILES string of the molecule is CCOC(=O)c1nc(NC2CCS(=O)CC2)sc1C(C)=O. The summed E-state index contributed by atoms with van der Waals surface area (Å²) in [4.78, 5) is 28.0. The van der Waals surface area contributed by atoms with Crippen LogP contribution in [-0.2, 0) is 15.5 Å². The van der Waals surface area contributed by atoms with Crippen molar-refractivity contribution in [2.45, 2.75) is 32.7 Å². The minimum Gasteiger partial charge on any atom is -0.461 e. The predicted molar refractivity (Wildman–Crippen MR) is 82.6 cm³/mol. The van der Waals surface area contributed by atoms with Gasteiger partial charge in [-0.05, 0) is 19.8 Å². The second-order valence-corrected chi connectivity index (χ2v) is 7.44. The lowest BCUT2D eigenvalue weighted by atomic mass is 10.2. The van der Waals surface area contributed by atoms with Crippen molar-refractivity contribution < 1.29 is 18.5 Å². The van der Waals surface area contributed by atoms with Crippen molar-refractivity contribution in [1.82, 2.24) is 4.98 Å². The molecule has 1 aromatic heterocycles. The molecule has 0 unspecified atom stereocenters. The molecule has 1 N–H and O–H groups in total. The third kappa shape index (κ3) is 4.10. The molecule has 1 fully saturated rings. The molecule has 1 aliphatic rings. The molecule has 0 amide bonds. The number of hydrogen-bond acceptors (Lipinski definition) is 7. The molecule has 116 valence electrons. The highest BCUT2D eigenvalue weighted by Gasteiger charge is 2.24. The second-order valence-electron chi connectivity index (χ2n) is 4.74. The van der Waals surface area contributed by atoms with Crippen LogP contribution in [0.15, 0.2) is 0 Å². The lowest BCUT2D eigenvalue weighted by molar-refractivity contribution is 0.0517. The average molecular weight is 330 g/mol. The maximum absolute atomic E-state index is 11.8. The number of anilines is 1. The summed E-state index contributed by atoms with van der Waals surface area (Å²) in [6.45, 7) is 3.35. The molecule has 21 heavy (non-hydrogen) atoms. The Labute approximate surface area is 129 Å². The Bertz CT molecular complexity index is 561. The van der Waals surface area contributed by atoms with Gasteiger partial charge in [0.15, 0.2) is 16.6 Å². The highest BCUT2D eigenvalue weighted by Crippen LogP contribution is 2.26. The van der Waals surface area contributed by atoms with E-state index in [1.807, 2.05) is 0 Å². The van der Waals surface area contributed by atoms with E-state index in [0.29, 0.717) is 21.5 Å². The molecule has 8 heteroatoms. The van der Waals surface area contributed by atoms with Crippen molar-refractivity contribution in [1.29, 1.82) is 0 Å². The number of rotatable bonds is 5. The van der Waals surface area contributed by atoms with Gasteiger partial charge in [-0.3, -0.25) is 9.00 Å². The smallest absolute Gasteiger partial charge is 0.358 e. The lowest BCUT2D eigenvalue weighted by Crippen LogP contribution is -2.29. The van der Waals surface area contributed by atoms with Gasteiger partial charge in [-0.1, -0.05) is 11.3 Å². The summed E-state index contributed by atoms with van der Waals surface area (Å²) >= 11 is 1.17. The van der Waals surface area contributed by atoms with E-state index in [1.165, 1.54) is 18.3 Å². The Morgan fingerprint density at radius 1 is 1.43 bits per heavy atom. The first-order valence-corrected chi connectivity index (χ1v) is 9.12. The van der Waals surface area contributed by atoms with E-state index in [9.17, 15) is 13.8 Å². The van der Waals surface area contributed by atoms with E-state index in [4.69, 9.17) is 4.74 Å². The molecule has 0 spiro atoms. The first-order chi connectivity index (χ1) is 10.0. The number of Topliss-reactive ketones (excluding diaryl/α,β-unsaturated/α-hetero) is 1. The molecule has 0 bridgehead atoms. The Kier molecular flexibility index (Phi) is 5.46. The van der Waals surface area contributed by atoms with Gasteiger partial charge in [0.2, 0.25) is 0 Å². The molecule has 1 saturated heterocycles. The topological polar surface area (TPSA) is 85.4 Å². The third-order valence-corrected chi connectivity index (χ3v) is 5.60. The van der Waals surface area contributed by atoms with Gasteiger partial charge in [-0.15, -0.1) is 0 Å². The van der Waals surface area contributed by atoms with Crippen LogP contribution in [0.2, 0.25) is 0 Å². The van der Waals surface area contributed by atoms with E-state index >= 15 is 0 Å². The van der Waals surface area contributed by atoms with Gasteiger partial charge in [-0.2, -0.15) is 0 Å². The summed E-state index contributed by atoms with van der Waals surface area (Å²) in [5.41, 5.74) is 0.0798. The summed E-state index contributed by atoms with van der Waals surface area (Å²) in [5.74, 6) is 0.575. The van der Waals surface area contributed by atoms with E-state index in [2.05, 4.69) is 10.3 Å². The summed E-state index contributed by atoms with van der Waals surface area (Å²) in [6, 6.07) is 0.184. The largest absolute Gasteiger partial charge is 0.461 e. The van der Waals surface area contributed by atoms with Gasteiger partial charge >= 0.3 is 5.97 Å². The van der Waals surface area contributed by atoms with Crippen molar-refractivity contribution in [3.05, 3.63) is 10.6 Å². The minimum absolute atomic E-state index is 0.0798. The fourth-order valence-corrected chi connectivity index (χ4v) is 4.30. The predicted octanol–water partition coefficient (Wildman–Crippen LogP) is 1.85. The van der Waals surface area contributed by atoms with Gasteiger partial charge in [0.1, 0.15) is 4.88 Å². The molecule has 1 aromatic rings. The van der Waals surface area contributed by atoms with Gasteiger partial charge in [-0.25, -0.2) is 9.78 Å². The zero-order chi connectivity index (χ0) is 15.4. The first kappa shape index (κ1) is 16.1. The monoisotopic (exact) mass is 330 g/mol. The van der Waals surface area contributed by atoms with Crippen molar-refractivity contribution >= 4 is 39.0 Å². The lowest BCUT2D eigenvalue weighted by Gasteiger charge is -2.21. The Hall–Kier alpha value is -1.28. The summed E-state index contributed by atoms with van der Waals surface area (Å²) in [7, 11) is -0.721. The number of thiazole rings is 1. The molecule has 1 aliphatic heterocycles. The number of carbonyl (C=O) groups is 2. The van der Waals surface area contributed by atoms with Crippen LogP contribution >= 0.6 is 11.3 Å². The van der Waals surface area contributed by atoms with Crippen LogP contribution in [-0.4, -0.2) is 45.1 Å². The fourth-order valence-electron chi connectivity index (χ4n) is 2.07. The standard InChI is InChI=1S/C13H18N2O4S2/c1-3-19-12(17)10-11(8(2)16)20-13(15-10)14-9-4-6-21(18)7-5-9/h9H,3-7H2,1-2H3,(H,14,15). The molecule has 0 radical (unpaired) electrons. The van der Waals surface area contributed by atoms with Crippen LogP contribution in [0.25, 0.3) is 0 Å². The molecular weight excluding hydrogens is 312 g/mol. The molecule has 0 atom stereocenters. The number of carbonyl (C=O) groups excluding carboxylic acids is 2. The number of ketones is 1. The number of nitrogens with one attached hydrogen (secondary N) is 1. The van der Waals surface area contributed by atoms with Crippen molar-refractivity contribution in [3.8, 4) is 0 Å². The molecule has 0 saturated carbocycles. The van der Waals surface area contributed by atoms with Crippen molar-refractivity contribution in [3.63, 3.8) is 0 Å². The molecular formula is C13H18N2O4S2. The second kappa shape index (κ2) is 7.13. The van der Waals surface area contributed by atoms with Crippen LogP contribution in [0, 0.1) is 0 Å². The van der Waals surface area contributed by atoms with Gasteiger partial charge in [0.25, 0.3) is 0 Å². The first-order valence-electron chi connectivity index (χ1n) is 6.81. The number of nitrogens with zero attached hydrogens (tertiary/aromatic N) is 1. The van der Waals surface area contributed by atoms with Crippen LogP contribution in [0.1, 0.15) is 46.8 Å².